The number of esters is 2. The van der Waals surface area contributed by atoms with Gasteiger partial charge in [-0.15, -0.1) is 0 Å². The highest BCUT2D eigenvalue weighted by atomic mass is 19.1. The molecule has 0 N–H and O–H groups in total. The van der Waals surface area contributed by atoms with Crippen LogP contribution in [0.1, 0.15) is 20.7 Å². The lowest BCUT2D eigenvalue weighted by molar-refractivity contribution is -0.155. The third kappa shape index (κ3) is 4.50. The zero-order valence-corrected chi connectivity index (χ0v) is 14.6. The van der Waals surface area contributed by atoms with Gasteiger partial charge in [0, 0.05) is 7.11 Å². The van der Waals surface area contributed by atoms with E-state index >= 15 is 0 Å². The molecule has 1 aliphatic heterocycles. The number of hydrogen-bond donors (Lipinski definition) is 0. The largest absolute Gasteiger partial charge is 0.459 e. The lowest BCUT2D eigenvalue weighted by Gasteiger charge is -2.18. The summed E-state index contributed by atoms with van der Waals surface area (Å²) in [5.41, 5.74) is 0.639. The highest BCUT2D eigenvalue weighted by molar-refractivity contribution is 5.89. The number of hydrogen-bond acceptors (Lipinski definition) is 6. The summed E-state index contributed by atoms with van der Waals surface area (Å²) in [6.45, 7) is -0.325. The maximum absolute atomic E-state index is 14.7. The van der Waals surface area contributed by atoms with Crippen molar-refractivity contribution in [2.45, 2.75) is 24.7 Å². The summed E-state index contributed by atoms with van der Waals surface area (Å²) >= 11 is 0. The fraction of sp³-hybridized carbons (Fsp3) is 0.300. The van der Waals surface area contributed by atoms with E-state index in [1.54, 1.807) is 60.7 Å². The van der Waals surface area contributed by atoms with Crippen LogP contribution in [0.15, 0.2) is 60.7 Å². The summed E-state index contributed by atoms with van der Waals surface area (Å²) in [5.74, 6) is -1.28. The minimum Gasteiger partial charge on any atom is -0.459 e. The first-order chi connectivity index (χ1) is 13.1. The van der Waals surface area contributed by atoms with Crippen molar-refractivity contribution in [1.82, 2.24) is 0 Å². The van der Waals surface area contributed by atoms with Crippen molar-refractivity contribution < 1.29 is 32.9 Å². The zero-order valence-electron chi connectivity index (χ0n) is 14.6. The smallest absolute Gasteiger partial charge is 0.338 e. The van der Waals surface area contributed by atoms with E-state index in [9.17, 15) is 14.0 Å². The predicted molar refractivity (Wildman–Crippen MR) is 92.9 cm³/mol. The number of benzene rings is 2. The number of rotatable bonds is 6. The molecular weight excluding hydrogens is 355 g/mol. The topological polar surface area (TPSA) is 71.1 Å². The second-order valence-corrected chi connectivity index (χ2v) is 5.92. The Kier molecular flexibility index (Phi) is 6.16. The molecule has 0 radical (unpaired) electrons. The number of methoxy groups -OCH3 is 1. The molecule has 1 saturated heterocycles. The Morgan fingerprint density at radius 2 is 1.52 bits per heavy atom. The van der Waals surface area contributed by atoms with Crippen molar-refractivity contribution in [3.63, 3.8) is 0 Å². The molecule has 1 fully saturated rings. The molecule has 142 valence electrons. The van der Waals surface area contributed by atoms with Gasteiger partial charge in [-0.2, -0.15) is 0 Å². The molecule has 1 heterocycles. The third-order valence-corrected chi connectivity index (χ3v) is 4.12. The minimum absolute atomic E-state index is 0.290. The molecule has 0 aliphatic carbocycles. The summed E-state index contributed by atoms with van der Waals surface area (Å²) in [6, 6.07) is 16.6. The second kappa shape index (κ2) is 8.75. The Morgan fingerprint density at radius 3 is 2.07 bits per heavy atom. The van der Waals surface area contributed by atoms with Crippen LogP contribution in [0.3, 0.4) is 0 Å². The van der Waals surface area contributed by atoms with Crippen molar-refractivity contribution in [1.29, 1.82) is 0 Å². The van der Waals surface area contributed by atoms with Gasteiger partial charge in [0.05, 0.1) is 11.1 Å². The van der Waals surface area contributed by atoms with Gasteiger partial charge < -0.3 is 18.9 Å². The quantitative estimate of drug-likeness (QED) is 0.724. The summed E-state index contributed by atoms with van der Waals surface area (Å²) in [4.78, 5) is 24.2. The average molecular weight is 374 g/mol. The Labute approximate surface area is 155 Å². The molecule has 1 aliphatic rings. The summed E-state index contributed by atoms with van der Waals surface area (Å²) in [5, 5.41) is 0. The van der Waals surface area contributed by atoms with Gasteiger partial charge in [-0.3, -0.25) is 0 Å². The molecule has 0 amide bonds. The van der Waals surface area contributed by atoms with Crippen molar-refractivity contribution in [2.24, 2.45) is 0 Å². The van der Waals surface area contributed by atoms with Gasteiger partial charge in [-0.1, -0.05) is 36.4 Å². The van der Waals surface area contributed by atoms with E-state index < -0.39 is 36.6 Å². The minimum atomic E-state index is -1.70. The van der Waals surface area contributed by atoms with Crippen LogP contribution >= 0.6 is 0 Å². The van der Waals surface area contributed by atoms with E-state index in [2.05, 4.69) is 0 Å². The molecule has 27 heavy (non-hydrogen) atoms. The van der Waals surface area contributed by atoms with Crippen LogP contribution in [-0.2, 0) is 18.9 Å². The Morgan fingerprint density at radius 1 is 0.963 bits per heavy atom. The average Bonchev–Trinajstić information content (AvgIpc) is 3.02. The van der Waals surface area contributed by atoms with Crippen LogP contribution in [0.25, 0.3) is 0 Å². The SMILES string of the molecule is CO[C@H]1O[C@H](COC(=O)c2ccccc2)[C@@H](F)[C@H]1OC(=O)c1ccccc1. The van der Waals surface area contributed by atoms with Crippen molar-refractivity contribution in [2.75, 3.05) is 13.7 Å². The van der Waals surface area contributed by atoms with Crippen molar-refractivity contribution in [3.05, 3.63) is 71.8 Å². The molecular formula is C20H19FO6. The first-order valence-electron chi connectivity index (χ1n) is 8.40. The summed E-state index contributed by atoms with van der Waals surface area (Å²) in [6.07, 6.45) is -5.15. The molecule has 6 nitrogen and oxygen atoms in total. The molecule has 4 atom stereocenters. The van der Waals surface area contributed by atoms with E-state index in [0.717, 1.165) is 0 Å². The van der Waals surface area contributed by atoms with Crippen LogP contribution in [-0.4, -0.2) is 50.3 Å². The molecule has 0 spiro atoms. The fourth-order valence-electron chi connectivity index (χ4n) is 2.71. The molecule has 0 aromatic heterocycles. The van der Waals surface area contributed by atoms with Gasteiger partial charge in [0.2, 0.25) is 0 Å². The lowest BCUT2D eigenvalue weighted by atomic mass is 10.1. The van der Waals surface area contributed by atoms with E-state index in [0.29, 0.717) is 11.1 Å². The second-order valence-electron chi connectivity index (χ2n) is 5.92. The molecule has 7 heteroatoms. The first kappa shape index (κ1) is 19.0. The summed E-state index contributed by atoms with van der Waals surface area (Å²) < 4.78 is 35.6. The standard InChI is InChI=1S/C20H19FO6/c1-24-20-17(27-19(23)14-10-6-3-7-11-14)16(21)15(26-20)12-25-18(22)13-8-4-2-5-9-13/h2-11,15-17,20H,12H2,1H3/t15-,16-,17-,20+/m1/s1. The van der Waals surface area contributed by atoms with Crippen molar-refractivity contribution in [3.8, 4) is 0 Å². The predicted octanol–water partition coefficient (Wildman–Crippen LogP) is 2.78. The monoisotopic (exact) mass is 374 g/mol. The van der Waals surface area contributed by atoms with Gasteiger partial charge in [-0.05, 0) is 24.3 Å². The summed E-state index contributed by atoms with van der Waals surface area (Å²) in [7, 11) is 1.32. The Hall–Kier alpha value is -2.77. The number of carbonyl (C=O) groups excluding carboxylic acids is 2. The molecule has 2 aromatic rings. The van der Waals surface area contributed by atoms with E-state index in [1.165, 1.54) is 7.11 Å². The molecule has 3 rings (SSSR count). The van der Waals surface area contributed by atoms with Crippen LogP contribution in [0.5, 0.6) is 0 Å². The van der Waals surface area contributed by atoms with Crippen LogP contribution in [0.2, 0.25) is 0 Å². The van der Waals surface area contributed by atoms with Crippen LogP contribution in [0, 0.1) is 0 Å². The van der Waals surface area contributed by atoms with E-state index in [1.807, 2.05) is 0 Å². The van der Waals surface area contributed by atoms with Gasteiger partial charge in [0.1, 0.15) is 12.7 Å². The number of ether oxygens (including phenoxy) is 4. The molecule has 0 saturated carbocycles. The van der Waals surface area contributed by atoms with Crippen LogP contribution < -0.4 is 0 Å². The number of alkyl halides is 1. The van der Waals surface area contributed by atoms with Crippen molar-refractivity contribution >= 4 is 11.9 Å². The molecule has 0 bridgehead atoms. The Balaban J connectivity index is 1.60. The number of carbonyl (C=O) groups is 2. The van der Waals surface area contributed by atoms with E-state index in [-0.39, 0.29) is 6.61 Å². The normalized spacial score (nSPS) is 24.4. The third-order valence-electron chi connectivity index (χ3n) is 4.12. The lowest BCUT2D eigenvalue weighted by Crippen LogP contribution is -2.36. The van der Waals surface area contributed by atoms with Gasteiger partial charge in [-0.25, -0.2) is 14.0 Å². The van der Waals surface area contributed by atoms with Gasteiger partial charge in [0.25, 0.3) is 0 Å². The zero-order chi connectivity index (χ0) is 19.2. The first-order valence-corrected chi connectivity index (χ1v) is 8.40. The van der Waals surface area contributed by atoms with Gasteiger partial charge in [0.15, 0.2) is 18.6 Å². The molecule has 2 aromatic carbocycles. The fourth-order valence-corrected chi connectivity index (χ4v) is 2.71. The van der Waals surface area contributed by atoms with Gasteiger partial charge >= 0.3 is 11.9 Å². The number of halogens is 1. The van der Waals surface area contributed by atoms with E-state index in [4.69, 9.17) is 18.9 Å². The Bertz CT molecular complexity index is 767. The molecule has 0 unspecified atom stereocenters. The maximum atomic E-state index is 14.7. The highest BCUT2D eigenvalue weighted by Gasteiger charge is 2.48. The van der Waals surface area contributed by atoms with Crippen LogP contribution in [0.4, 0.5) is 4.39 Å². The highest BCUT2D eigenvalue weighted by Crippen LogP contribution is 2.28. The maximum Gasteiger partial charge on any atom is 0.338 e.